The second-order valence-corrected chi connectivity index (χ2v) is 4.39. The third-order valence-corrected chi connectivity index (χ3v) is 3.01. The summed E-state index contributed by atoms with van der Waals surface area (Å²) in [5.74, 6) is -0.642. The number of ether oxygens (including phenoxy) is 1. The highest BCUT2D eigenvalue weighted by atomic mass is 16.5. The summed E-state index contributed by atoms with van der Waals surface area (Å²) in [7, 11) is 3.16. The van der Waals surface area contributed by atoms with Crippen LogP contribution in [0.25, 0.3) is 12.2 Å². The number of esters is 1. The Morgan fingerprint density at radius 3 is 2.41 bits per heavy atom. The molecule has 2 aromatic rings. The molecular weight excluding hydrogens is 282 g/mol. The lowest BCUT2D eigenvalue weighted by atomic mass is 10.2. The summed E-state index contributed by atoms with van der Waals surface area (Å²) < 4.78 is 6.39. The van der Waals surface area contributed by atoms with E-state index in [1.807, 2.05) is 23.7 Å². The molecule has 0 spiro atoms. The maximum Gasteiger partial charge on any atom is 0.330 e. The monoisotopic (exact) mass is 297 g/mol. The molecule has 0 bridgehead atoms. The second kappa shape index (κ2) is 7.12. The van der Waals surface area contributed by atoms with Crippen LogP contribution < -0.4 is 0 Å². The molecule has 112 valence electrons. The highest BCUT2D eigenvalue weighted by Crippen LogP contribution is 2.11. The van der Waals surface area contributed by atoms with Gasteiger partial charge in [0.15, 0.2) is 0 Å². The summed E-state index contributed by atoms with van der Waals surface area (Å²) in [6.45, 7) is 0. The average molecular weight is 297 g/mol. The van der Waals surface area contributed by atoms with E-state index in [4.69, 9.17) is 0 Å². The predicted octanol–water partition coefficient (Wildman–Crippen LogP) is 1.90. The van der Waals surface area contributed by atoms with Crippen molar-refractivity contribution < 1.29 is 14.3 Å². The zero-order valence-electron chi connectivity index (χ0n) is 12.3. The van der Waals surface area contributed by atoms with Crippen molar-refractivity contribution in [2.45, 2.75) is 0 Å². The quantitative estimate of drug-likeness (QED) is 0.479. The minimum Gasteiger partial charge on any atom is -0.466 e. The first-order valence-electron chi connectivity index (χ1n) is 6.52. The lowest BCUT2D eigenvalue weighted by Crippen LogP contribution is -1.99. The van der Waals surface area contributed by atoms with Crippen LogP contribution in [0.1, 0.15) is 21.9 Å². The van der Waals surface area contributed by atoms with Crippen LogP contribution in [0.3, 0.4) is 0 Å². The Labute approximate surface area is 127 Å². The number of hydrogen-bond donors (Lipinski definition) is 0. The molecular formula is C16H15N3O3. The Morgan fingerprint density at radius 2 is 1.82 bits per heavy atom. The lowest BCUT2D eigenvalue weighted by molar-refractivity contribution is -0.134. The van der Waals surface area contributed by atoms with E-state index in [0.29, 0.717) is 5.69 Å². The van der Waals surface area contributed by atoms with Gasteiger partial charge in [0.05, 0.1) is 13.3 Å². The number of aromatic nitrogens is 3. The van der Waals surface area contributed by atoms with E-state index in [9.17, 15) is 9.59 Å². The van der Waals surface area contributed by atoms with Gasteiger partial charge < -0.3 is 9.30 Å². The topological polar surface area (TPSA) is 74.1 Å². The van der Waals surface area contributed by atoms with E-state index in [1.165, 1.54) is 37.9 Å². The number of carbonyl (C=O) groups excluding carboxylic acids is 2. The molecule has 2 aromatic heterocycles. The number of allylic oxidation sites excluding steroid dienone is 1. The van der Waals surface area contributed by atoms with E-state index in [1.54, 1.807) is 12.2 Å². The first-order chi connectivity index (χ1) is 10.6. The SMILES string of the molecule is COC(=O)/C=C/c1ccc(/C=C/C(=O)c2cnccn2)n1C. The van der Waals surface area contributed by atoms with E-state index in [-0.39, 0.29) is 5.78 Å². The molecule has 0 saturated heterocycles. The summed E-state index contributed by atoms with van der Waals surface area (Å²) in [6, 6.07) is 3.68. The largest absolute Gasteiger partial charge is 0.466 e. The molecule has 2 rings (SSSR count). The van der Waals surface area contributed by atoms with Crippen molar-refractivity contribution in [1.82, 2.24) is 14.5 Å². The van der Waals surface area contributed by atoms with Crippen molar-refractivity contribution in [1.29, 1.82) is 0 Å². The molecule has 0 aliphatic heterocycles. The molecule has 6 nitrogen and oxygen atoms in total. The molecule has 0 fully saturated rings. The smallest absolute Gasteiger partial charge is 0.330 e. The van der Waals surface area contributed by atoms with Gasteiger partial charge in [0, 0.05) is 36.9 Å². The van der Waals surface area contributed by atoms with E-state index in [0.717, 1.165) is 11.4 Å². The van der Waals surface area contributed by atoms with Crippen LogP contribution in [0.15, 0.2) is 42.9 Å². The number of nitrogens with zero attached hydrogens (tertiary/aromatic N) is 3. The molecule has 2 heterocycles. The number of carbonyl (C=O) groups is 2. The normalized spacial score (nSPS) is 11.2. The number of rotatable bonds is 5. The highest BCUT2D eigenvalue weighted by Gasteiger charge is 2.04. The first-order valence-corrected chi connectivity index (χ1v) is 6.52. The number of hydrogen-bond acceptors (Lipinski definition) is 5. The Bertz CT molecular complexity index is 730. The van der Waals surface area contributed by atoms with Gasteiger partial charge in [-0.15, -0.1) is 0 Å². The first kappa shape index (κ1) is 15.4. The molecule has 0 aliphatic rings. The van der Waals surface area contributed by atoms with Gasteiger partial charge >= 0.3 is 5.97 Å². The summed E-state index contributed by atoms with van der Waals surface area (Å²) in [6.07, 6.45) is 10.5. The Balaban J connectivity index is 2.13. The number of ketones is 1. The van der Waals surface area contributed by atoms with Gasteiger partial charge in [-0.1, -0.05) is 0 Å². The molecule has 6 heteroatoms. The van der Waals surface area contributed by atoms with Crippen molar-refractivity contribution >= 4 is 23.9 Å². The Morgan fingerprint density at radius 1 is 1.14 bits per heavy atom. The molecule has 0 unspecified atom stereocenters. The Hall–Kier alpha value is -3.02. The van der Waals surface area contributed by atoms with Crippen LogP contribution >= 0.6 is 0 Å². The van der Waals surface area contributed by atoms with Crippen molar-refractivity contribution in [3.8, 4) is 0 Å². The van der Waals surface area contributed by atoms with Crippen LogP contribution in [0.4, 0.5) is 0 Å². The van der Waals surface area contributed by atoms with Crippen molar-refractivity contribution in [2.75, 3.05) is 7.11 Å². The second-order valence-electron chi connectivity index (χ2n) is 4.39. The maximum atomic E-state index is 11.9. The summed E-state index contributed by atoms with van der Waals surface area (Å²) in [5.41, 5.74) is 1.93. The van der Waals surface area contributed by atoms with Gasteiger partial charge in [-0.3, -0.25) is 9.78 Å². The van der Waals surface area contributed by atoms with E-state index in [2.05, 4.69) is 14.7 Å². The zero-order valence-corrected chi connectivity index (χ0v) is 12.3. The van der Waals surface area contributed by atoms with Crippen molar-refractivity contribution in [3.63, 3.8) is 0 Å². The number of methoxy groups -OCH3 is 1. The fourth-order valence-corrected chi connectivity index (χ4v) is 1.77. The molecule has 0 aliphatic carbocycles. The van der Waals surface area contributed by atoms with Gasteiger partial charge in [-0.25, -0.2) is 9.78 Å². The molecule has 22 heavy (non-hydrogen) atoms. The molecule has 0 N–H and O–H groups in total. The highest BCUT2D eigenvalue weighted by molar-refractivity contribution is 6.05. The average Bonchev–Trinajstić information content (AvgIpc) is 2.91. The minimum absolute atomic E-state index is 0.221. The molecule has 0 saturated carbocycles. The van der Waals surface area contributed by atoms with Crippen LogP contribution in [0, 0.1) is 0 Å². The molecule has 0 aromatic carbocycles. The predicted molar refractivity (Wildman–Crippen MR) is 81.9 cm³/mol. The summed E-state index contributed by atoms with van der Waals surface area (Å²) >= 11 is 0. The third kappa shape index (κ3) is 3.76. The van der Waals surface area contributed by atoms with Crippen molar-refractivity contribution in [3.05, 3.63) is 60.0 Å². The van der Waals surface area contributed by atoms with E-state index >= 15 is 0 Å². The van der Waals surface area contributed by atoms with Gasteiger partial charge in [0.25, 0.3) is 0 Å². The standard InChI is InChI=1S/C16H15N3O3/c1-19-12(3-4-13(19)6-8-16(21)22-2)5-7-15(20)14-11-17-9-10-18-14/h3-11H,1-2H3/b7-5+,8-6+. The lowest BCUT2D eigenvalue weighted by Gasteiger charge is -2.00. The summed E-state index contributed by atoms with van der Waals surface area (Å²) in [4.78, 5) is 30.8. The molecule has 0 radical (unpaired) electrons. The van der Waals surface area contributed by atoms with Crippen LogP contribution in [-0.4, -0.2) is 33.4 Å². The Kier molecular flexibility index (Phi) is 4.98. The fraction of sp³-hybridized carbons (Fsp3) is 0.125. The summed E-state index contributed by atoms with van der Waals surface area (Å²) in [5, 5.41) is 0. The van der Waals surface area contributed by atoms with Gasteiger partial charge in [-0.2, -0.15) is 0 Å². The van der Waals surface area contributed by atoms with Gasteiger partial charge in [0.2, 0.25) is 5.78 Å². The fourth-order valence-electron chi connectivity index (χ4n) is 1.77. The van der Waals surface area contributed by atoms with E-state index < -0.39 is 5.97 Å². The third-order valence-electron chi connectivity index (χ3n) is 3.01. The van der Waals surface area contributed by atoms with Crippen LogP contribution in [0.5, 0.6) is 0 Å². The van der Waals surface area contributed by atoms with Gasteiger partial charge in [0.1, 0.15) is 5.69 Å². The maximum absolute atomic E-state index is 11.9. The van der Waals surface area contributed by atoms with Crippen molar-refractivity contribution in [2.24, 2.45) is 7.05 Å². The molecule has 0 atom stereocenters. The van der Waals surface area contributed by atoms with Crippen LogP contribution in [0.2, 0.25) is 0 Å². The zero-order chi connectivity index (χ0) is 15.9. The molecule has 0 amide bonds. The van der Waals surface area contributed by atoms with Gasteiger partial charge in [-0.05, 0) is 30.4 Å². The van der Waals surface area contributed by atoms with Crippen LogP contribution in [-0.2, 0) is 16.6 Å². The minimum atomic E-state index is -0.420.